The fraction of sp³-hybridized carbons (Fsp3) is 0.273. The Balaban J connectivity index is 1.90. The van der Waals surface area contributed by atoms with Crippen LogP contribution in [0.4, 0.5) is 8.78 Å². The molecule has 8 heteroatoms. The number of benzene rings is 2. The van der Waals surface area contributed by atoms with Gasteiger partial charge in [-0.25, -0.2) is 8.78 Å². The van der Waals surface area contributed by atoms with Crippen molar-refractivity contribution in [3.05, 3.63) is 70.8 Å². The average Bonchev–Trinajstić information content (AvgIpc) is 2.93. The highest BCUT2D eigenvalue weighted by Gasteiger charge is 2.48. The van der Waals surface area contributed by atoms with E-state index in [9.17, 15) is 23.2 Å². The van der Waals surface area contributed by atoms with E-state index in [2.05, 4.69) is 4.99 Å². The van der Waals surface area contributed by atoms with E-state index in [4.69, 9.17) is 5.73 Å². The minimum absolute atomic E-state index is 0.0580. The minimum atomic E-state index is -1.25. The summed E-state index contributed by atoms with van der Waals surface area (Å²) in [6.07, 6.45) is 1.01. The summed E-state index contributed by atoms with van der Waals surface area (Å²) < 4.78 is 27.7. The van der Waals surface area contributed by atoms with Gasteiger partial charge in [0.05, 0.1) is 12.1 Å². The molecule has 0 spiro atoms. The number of carbonyl (C=O) groups excluding carboxylic acids is 3. The van der Waals surface area contributed by atoms with Gasteiger partial charge in [-0.1, -0.05) is 25.5 Å². The van der Waals surface area contributed by atoms with E-state index in [-0.39, 0.29) is 11.1 Å². The Morgan fingerprint density at radius 2 is 1.80 bits per heavy atom. The number of amidine groups is 1. The number of hydrogen-bond acceptors (Lipinski definition) is 4. The molecule has 2 aromatic rings. The van der Waals surface area contributed by atoms with E-state index in [1.165, 1.54) is 41.3 Å². The lowest BCUT2D eigenvalue weighted by atomic mass is 9.85. The largest absolute Gasteiger partial charge is 0.366 e. The molecule has 0 radical (unpaired) electrons. The Hall–Kier alpha value is -3.42. The van der Waals surface area contributed by atoms with Crippen LogP contribution in [-0.2, 0) is 10.3 Å². The predicted octanol–water partition coefficient (Wildman–Crippen LogP) is 3.20. The lowest BCUT2D eigenvalue weighted by Gasteiger charge is -2.26. The fourth-order valence-corrected chi connectivity index (χ4v) is 3.65. The van der Waals surface area contributed by atoms with Crippen LogP contribution in [0.3, 0.4) is 0 Å². The first-order valence-corrected chi connectivity index (χ1v) is 9.46. The molecule has 2 N–H and O–H groups in total. The van der Waals surface area contributed by atoms with Crippen LogP contribution in [0, 0.1) is 11.6 Å². The van der Waals surface area contributed by atoms with Crippen molar-refractivity contribution in [3.8, 4) is 0 Å². The molecular weight excluding hydrogens is 392 g/mol. The molecule has 30 heavy (non-hydrogen) atoms. The number of carbonyl (C=O) groups is 3. The molecule has 2 amide bonds. The van der Waals surface area contributed by atoms with Gasteiger partial charge in [-0.3, -0.25) is 24.3 Å². The van der Waals surface area contributed by atoms with Gasteiger partial charge in [0.1, 0.15) is 17.5 Å². The van der Waals surface area contributed by atoms with E-state index in [1.807, 2.05) is 6.92 Å². The second-order valence-electron chi connectivity index (χ2n) is 7.15. The number of rotatable bonds is 7. The number of nitrogens with two attached hydrogens (primary N) is 1. The lowest BCUT2D eigenvalue weighted by molar-refractivity contribution is -0.131. The summed E-state index contributed by atoms with van der Waals surface area (Å²) in [7, 11) is 0. The van der Waals surface area contributed by atoms with Gasteiger partial charge >= 0.3 is 0 Å². The van der Waals surface area contributed by atoms with Crippen LogP contribution in [0.2, 0.25) is 0 Å². The maximum atomic E-state index is 14.3. The van der Waals surface area contributed by atoms with E-state index in [1.54, 1.807) is 6.92 Å². The zero-order valence-electron chi connectivity index (χ0n) is 16.6. The summed E-state index contributed by atoms with van der Waals surface area (Å²) in [6, 6.07) is 8.85. The van der Waals surface area contributed by atoms with Crippen molar-refractivity contribution < 1.29 is 23.2 Å². The van der Waals surface area contributed by atoms with Crippen LogP contribution in [0.15, 0.2) is 47.5 Å². The van der Waals surface area contributed by atoms with Crippen molar-refractivity contribution in [2.75, 3.05) is 6.54 Å². The quantitative estimate of drug-likeness (QED) is 0.707. The first-order valence-electron chi connectivity index (χ1n) is 9.46. The Bertz CT molecular complexity index is 1050. The van der Waals surface area contributed by atoms with Gasteiger partial charge in [0.25, 0.3) is 5.91 Å². The minimum Gasteiger partial charge on any atom is -0.366 e. The molecular formula is C22H21F2N3O3. The third-order valence-electron chi connectivity index (χ3n) is 5.13. The fourth-order valence-electron chi connectivity index (χ4n) is 3.65. The third-order valence-corrected chi connectivity index (χ3v) is 5.13. The van der Waals surface area contributed by atoms with Crippen molar-refractivity contribution >= 4 is 23.4 Å². The van der Waals surface area contributed by atoms with Crippen molar-refractivity contribution in [1.29, 1.82) is 0 Å². The second kappa shape index (κ2) is 8.14. The number of amides is 2. The van der Waals surface area contributed by atoms with Gasteiger partial charge < -0.3 is 5.73 Å². The van der Waals surface area contributed by atoms with Gasteiger partial charge in [-0.2, -0.15) is 0 Å². The SMILES string of the molecule is CCCC1(c2ccc(F)cc2)N=C(C)N(CC(=O)c2ccc(C(N)=O)cc2F)C1=O. The summed E-state index contributed by atoms with van der Waals surface area (Å²) in [4.78, 5) is 42.9. The van der Waals surface area contributed by atoms with Crippen LogP contribution in [-0.4, -0.2) is 34.9 Å². The van der Waals surface area contributed by atoms with E-state index >= 15 is 0 Å². The zero-order chi connectivity index (χ0) is 22.1. The number of ketones is 1. The third kappa shape index (κ3) is 3.72. The van der Waals surface area contributed by atoms with Crippen LogP contribution in [0.25, 0.3) is 0 Å². The van der Waals surface area contributed by atoms with Crippen LogP contribution < -0.4 is 5.73 Å². The molecule has 156 valence electrons. The number of hydrogen-bond donors (Lipinski definition) is 1. The van der Waals surface area contributed by atoms with E-state index in [0.717, 1.165) is 6.07 Å². The summed E-state index contributed by atoms with van der Waals surface area (Å²) in [5.74, 6) is -2.88. The highest BCUT2D eigenvalue weighted by molar-refractivity contribution is 6.11. The Morgan fingerprint density at radius 1 is 1.13 bits per heavy atom. The number of Topliss-reactive ketones (excluding diaryl/α,β-unsaturated/α-hetero) is 1. The molecule has 6 nitrogen and oxygen atoms in total. The van der Waals surface area contributed by atoms with E-state index in [0.29, 0.717) is 24.2 Å². The van der Waals surface area contributed by atoms with Gasteiger partial charge in [-0.05, 0) is 49.2 Å². The number of aliphatic imine (C=N–C) groups is 1. The molecule has 1 unspecified atom stereocenters. The molecule has 0 saturated carbocycles. The van der Waals surface area contributed by atoms with Gasteiger partial charge in [0.15, 0.2) is 11.3 Å². The molecule has 0 bridgehead atoms. The molecule has 0 aliphatic carbocycles. The zero-order valence-corrected chi connectivity index (χ0v) is 16.6. The second-order valence-corrected chi connectivity index (χ2v) is 7.15. The van der Waals surface area contributed by atoms with Crippen molar-refractivity contribution in [2.45, 2.75) is 32.2 Å². The van der Waals surface area contributed by atoms with Crippen LogP contribution in [0.1, 0.15) is 53.0 Å². The van der Waals surface area contributed by atoms with E-state index < -0.39 is 41.3 Å². The predicted molar refractivity (Wildman–Crippen MR) is 107 cm³/mol. The lowest BCUT2D eigenvalue weighted by Crippen LogP contribution is -2.43. The average molecular weight is 413 g/mol. The normalized spacial score (nSPS) is 18.5. The van der Waals surface area contributed by atoms with Crippen LogP contribution in [0.5, 0.6) is 0 Å². The summed E-state index contributed by atoms with van der Waals surface area (Å²) in [5.41, 5.74) is 4.09. The molecule has 1 atom stereocenters. The monoisotopic (exact) mass is 413 g/mol. The van der Waals surface area contributed by atoms with Gasteiger partial charge in [0, 0.05) is 5.56 Å². The highest BCUT2D eigenvalue weighted by atomic mass is 19.1. The summed E-state index contributed by atoms with van der Waals surface area (Å²) in [6.45, 7) is 3.08. The maximum Gasteiger partial charge on any atom is 0.260 e. The van der Waals surface area contributed by atoms with Crippen molar-refractivity contribution in [1.82, 2.24) is 4.90 Å². The van der Waals surface area contributed by atoms with Crippen molar-refractivity contribution in [3.63, 3.8) is 0 Å². The highest BCUT2D eigenvalue weighted by Crippen LogP contribution is 2.38. The molecule has 1 aliphatic rings. The molecule has 0 aromatic heterocycles. The molecule has 0 saturated heterocycles. The molecule has 3 rings (SSSR count). The maximum absolute atomic E-state index is 14.3. The Kier molecular flexibility index (Phi) is 5.78. The first-order chi connectivity index (χ1) is 14.2. The Labute approximate surface area is 172 Å². The Morgan fingerprint density at radius 3 is 2.37 bits per heavy atom. The molecule has 1 aliphatic heterocycles. The smallest absolute Gasteiger partial charge is 0.260 e. The molecule has 0 fully saturated rings. The number of primary amides is 1. The van der Waals surface area contributed by atoms with Crippen molar-refractivity contribution in [2.24, 2.45) is 10.7 Å². The van der Waals surface area contributed by atoms with Gasteiger partial charge in [-0.15, -0.1) is 0 Å². The van der Waals surface area contributed by atoms with Gasteiger partial charge in [0.2, 0.25) is 5.91 Å². The topological polar surface area (TPSA) is 92.8 Å². The summed E-state index contributed by atoms with van der Waals surface area (Å²) in [5, 5.41) is 0. The number of halogens is 2. The first kappa shape index (κ1) is 21.3. The summed E-state index contributed by atoms with van der Waals surface area (Å²) >= 11 is 0. The van der Waals surface area contributed by atoms with Crippen LogP contribution >= 0.6 is 0 Å². The standard InChI is InChI=1S/C22H21F2N3O3/c1-3-10-22(15-5-7-16(23)8-6-15)21(30)27(13(2)26-22)12-19(28)17-9-4-14(20(25)29)11-18(17)24/h4-9,11H,3,10,12H2,1-2H3,(H2,25,29). The number of nitrogens with zero attached hydrogens (tertiary/aromatic N) is 2. The molecule has 1 heterocycles. The molecule has 2 aromatic carbocycles.